The number of aliphatic hydroxyl groups excluding tert-OH is 3. The summed E-state index contributed by atoms with van der Waals surface area (Å²) >= 11 is 0. The molecule has 2 aromatic rings. The second-order valence-corrected chi connectivity index (χ2v) is 6.52. The lowest BCUT2D eigenvalue weighted by Gasteiger charge is -2.37. The number of cyclic esters (lactones) is 1. The molecule has 0 bridgehead atoms. The summed E-state index contributed by atoms with van der Waals surface area (Å²) in [4.78, 5) is 11.6. The molecule has 1 unspecified atom stereocenters. The second kappa shape index (κ2) is 6.48. The molecule has 0 fully saturated rings. The average Bonchev–Trinajstić information content (AvgIpc) is 2.89. The van der Waals surface area contributed by atoms with Gasteiger partial charge in [-0.3, -0.25) is 0 Å². The Labute approximate surface area is 150 Å². The summed E-state index contributed by atoms with van der Waals surface area (Å²) in [6, 6.07) is 13.4. The summed E-state index contributed by atoms with van der Waals surface area (Å²) in [6.45, 7) is 3.74. The molecule has 2 aromatic carbocycles. The Balaban J connectivity index is 2.14. The molecule has 0 radical (unpaired) electrons. The van der Waals surface area contributed by atoms with Crippen LogP contribution in [0, 0.1) is 13.8 Å². The molecule has 3 rings (SSSR count). The summed E-state index contributed by atoms with van der Waals surface area (Å²) < 4.78 is 4.98. The van der Waals surface area contributed by atoms with Crippen LogP contribution in [0.25, 0.3) is 0 Å². The Morgan fingerprint density at radius 3 is 1.92 bits per heavy atom. The predicted molar refractivity (Wildman–Crippen MR) is 93.4 cm³/mol. The number of benzene rings is 2. The van der Waals surface area contributed by atoms with Crippen LogP contribution in [0.3, 0.4) is 0 Å². The quantitative estimate of drug-likeness (QED) is 0.627. The third-order valence-corrected chi connectivity index (χ3v) is 4.63. The number of rotatable bonds is 4. The number of hydrogen-bond donors (Lipinski definition) is 4. The Morgan fingerprint density at radius 1 is 0.962 bits per heavy atom. The lowest BCUT2D eigenvalue weighted by atomic mass is 9.79. The zero-order valence-electron chi connectivity index (χ0n) is 14.4. The monoisotopic (exact) mass is 356 g/mol. The SMILES string of the molecule is Cc1ccc(C(O)[C@@](O)(c2ccc(C)cc2)[C@H]2OC(=O)C(O)=C2O)cc1. The van der Waals surface area contributed by atoms with Gasteiger partial charge in [0.15, 0.2) is 17.5 Å². The molecule has 26 heavy (non-hydrogen) atoms. The molecule has 136 valence electrons. The second-order valence-electron chi connectivity index (χ2n) is 6.52. The lowest BCUT2D eigenvalue weighted by molar-refractivity contribution is -0.176. The minimum Gasteiger partial charge on any atom is -0.505 e. The van der Waals surface area contributed by atoms with Crippen molar-refractivity contribution in [3.05, 3.63) is 82.3 Å². The number of carbonyl (C=O) groups excluding carboxylic acids is 1. The van der Waals surface area contributed by atoms with Crippen LogP contribution in [0.4, 0.5) is 0 Å². The molecule has 0 amide bonds. The van der Waals surface area contributed by atoms with Gasteiger partial charge in [0, 0.05) is 0 Å². The van der Waals surface area contributed by atoms with E-state index >= 15 is 0 Å². The van der Waals surface area contributed by atoms with Crippen molar-refractivity contribution < 1.29 is 30.0 Å². The minimum atomic E-state index is -2.20. The molecule has 3 atom stereocenters. The molecular formula is C20H20O6. The number of carbonyl (C=O) groups is 1. The molecular weight excluding hydrogens is 336 g/mol. The van der Waals surface area contributed by atoms with Gasteiger partial charge in [0.25, 0.3) is 0 Å². The van der Waals surface area contributed by atoms with Gasteiger partial charge in [0.1, 0.15) is 6.10 Å². The van der Waals surface area contributed by atoms with Gasteiger partial charge in [0.05, 0.1) is 0 Å². The summed E-state index contributed by atoms with van der Waals surface area (Å²) in [5.41, 5.74) is 0.288. The topological polar surface area (TPSA) is 107 Å². The van der Waals surface area contributed by atoms with Gasteiger partial charge in [-0.1, -0.05) is 59.7 Å². The van der Waals surface area contributed by atoms with E-state index in [0.717, 1.165) is 11.1 Å². The zero-order chi connectivity index (χ0) is 19.1. The standard InChI is InChI=1S/C20H20O6/c1-11-3-7-13(8-4-11)17(23)20(25,14-9-5-12(2)6-10-14)18-15(21)16(22)19(24)26-18/h3-10,17-18,21-23,25H,1-2H3/t17?,18-,20-/m0/s1. The third kappa shape index (κ3) is 2.83. The van der Waals surface area contributed by atoms with E-state index in [4.69, 9.17) is 4.74 Å². The molecule has 6 heteroatoms. The highest BCUT2D eigenvalue weighted by atomic mass is 16.6. The van der Waals surface area contributed by atoms with Crippen molar-refractivity contribution in [1.29, 1.82) is 0 Å². The van der Waals surface area contributed by atoms with E-state index in [0.29, 0.717) is 5.56 Å². The molecule has 1 aliphatic rings. The molecule has 1 aliphatic heterocycles. The zero-order valence-corrected chi connectivity index (χ0v) is 14.4. The number of aryl methyl sites for hydroxylation is 2. The minimum absolute atomic E-state index is 0.232. The Kier molecular flexibility index (Phi) is 4.48. The van der Waals surface area contributed by atoms with Gasteiger partial charge in [0.2, 0.25) is 5.76 Å². The molecule has 0 aromatic heterocycles. The van der Waals surface area contributed by atoms with Crippen molar-refractivity contribution >= 4 is 5.97 Å². The van der Waals surface area contributed by atoms with E-state index in [1.807, 2.05) is 13.8 Å². The van der Waals surface area contributed by atoms with Gasteiger partial charge in [-0.2, -0.15) is 0 Å². The fourth-order valence-electron chi connectivity index (χ4n) is 3.02. The number of aliphatic hydroxyl groups is 4. The van der Waals surface area contributed by atoms with E-state index < -0.39 is 35.3 Å². The number of hydrogen-bond acceptors (Lipinski definition) is 6. The fraction of sp³-hybridized carbons (Fsp3) is 0.250. The van der Waals surface area contributed by atoms with Crippen LogP contribution < -0.4 is 0 Å². The number of esters is 1. The van der Waals surface area contributed by atoms with Gasteiger partial charge in [-0.05, 0) is 25.0 Å². The van der Waals surface area contributed by atoms with Gasteiger partial charge in [-0.25, -0.2) is 4.79 Å². The van der Waals surface area contributed by atoms with Crippen molar-refractivity contribution in [2.24, 2.45) is 0 Å². The summed E-state index contributed by atoms with van der Waals surface area (Å²) in [6.07, 6.45) is -3.18. The normalized spacial score (nSPS) is 20.6. The third-order valence-electron chi connectivity index (χ3n) is 4.63. The first-order valence-electron chi connectivity index (χ1n) is 8.12. The highest BCUT2D eigenvalue weighted by Gasteiger charge is 2.54. The molecule has 1 heterocycles. The van der Waals surface area contributed by atoms with Crippen molar-refractivity contribution in [2.75, 3.05) is 0 Å². The van der Waals surface area contributed by atoms with Gasteiger partial charge >= 0.3 is 5.97 Å². The largest absolute Gasteiger partial charge is 0.505 e. The number of ether oxygens (including phenoxy) is 1. The van der Waals surface area contributed by atoms with Crippen molar-refractivity contribution in [2.45, 2.75) is 31.7 Å². The summed E-state index contributed by atoms with van der Waals surface area (Å²) in [5, 5.41) is 42.2. The van der Waals surface area contributed by atoms with Crippen LogP contribution in [-0.4, -0.2) is 32.5 Å². The van der Waals surface area contributed by atoms with Crippen molar-refractivity contribution in [1.82, 2.24) is 0 Å². The fourth-order valence-corrected chi connectivity index (χ4v) is 3.02. The average molecular weight is 356 g/mol. The smallest absolute Gasteiger partial charge is 0.378 e. The molecule has 4 N–H and O–H groups in total. The maximum absolute atomic E-state index is 11.6. The molecule has 0 saturated carbocycles. The summed E-state index contributed by atoms with van der Waals surface area (Å²) in [5.74, 6) is -2.95. The van der Waals surface area contributed by atoms with Crippen LogP contribution in [0.5, 0.6) is 0 Å². The van der Waals surface area contributed by atoms with Gasteiger partial charge in [-0.15, -0.1) is 0 Å². The Bertz CT molecular complexity index is 853. The van der Waals surface area contributed by atoms with E-state index in [-0.39, 0.29) is 5.56 Å². The molecule has 0 aliphatic carbocycles. The Morgan fingerprint density at radius 2 is 1.46 bits per heavy atom. The van der Waals surface area contributed by atoms with Crippen molar-refractivity contribution in [3.63, 3.8) is 0 Å². The van der Waals surface area contributed by atoms with Crippen molar-refractivity contribution in [3.8, 4) is 0 Å². The first-order chi connectivity index (χ1) is 12.2. The first-order valence-corrected chi connectivity index (χ1v) is 8.12. The van der Waals surface area contributed by atoms with Gasteiger partial charge < -0.3 is 25.2 Å². The maximum Gasteiger partial charge on any atom is 0.378 e. The highest BCUT2D eigenvalue weighted by Crippen LogP contribution is 2.44. The van der Waals surface area contributed by atoms with E-state index in [2.05, 4.69) is 0 Å². The molecule has 0 saturated heterocycles. The molecule has 6 nitrogen and oxygen atoms in total. The van der Waals surface area contributed by atoms with E-state index in [9.17, 15) is 25.2 Å². The highest BCUT2D eigenvalue weighted by molar-refractivity contribution is 5.89. The predicted octanol–water partition coefficient (Wildman–Crippen LogP) is 2.48. The summed E-state index contributed by atoms with van der Waals surface area (Å²) in [7, 11) is 0. The maximum atomic E-state index is 11.6. The Hall–Kier alpha value is -2.83. The van der Waals surface area contributed by atoms with Crippen LogP contribution in [0.1, 0.15) is 28.4 Å². The van der Waals surface area contributed by atoms with Crippen LogP contribution in [0.15, 0.2) is 60.0 Å². The van der Waals surface area contributed by atoms with E-state index in [1.54, 1.807) is 48.5 Å². The first kappa shape index (κ1) is 18.0. The van der Waals surface area contributed by atoms with Crippen LogP contribution in [-0.2, 0) is 15.1 Å². The van der Waals surface area contributed by atoms with Crippen LogP contribution in [0.2, 0.25) is 0 Å². The van der Waals surface area contributed by atoms with Crippen LogP contribution >= 0.6 is 0 Å². The van der Waals surface area contributed by atoms with E-state index in [1.165, 1.54) is 0 Å². The lowest BCUT2D eigenvalue weighted by Crippen LogP contribution is -2.46. The molecule has 0 spiro atoms.